The van der Waals surface area contributed by atoms with Crippen molar-refractivity contribution >= 4 is 11.0 Å². The van der Waals surface area contributed by atoms with E-state index >= 15 is 0 Å². The van der Waals surface area contributed by atoms with Gasteiger partial charge in [-0.25, -0.2) is 8.78 Å². The second kappa shape index (κ2) is 9.62. The maximum Gasteiger partial charge on any atom is 0.419 e. The van der Waals surface area contributed by atoms with Gasteiger partial charge in [0.15, 0.2) is 5.76 Å². The Kier molecular flexibility index (Phi) is 6.91. The second-order valence-electron chi connectivity index (χ2n) is 6.50. The number of H-pyrrole nitrogens is 1. The number of tetrazole rings is 1. The Morgan fingerprint density at radius 3 is 2.47 bits per heavy atom. The zero-order valence-corrected chi connectivity index (χ0v) is 16.6. The van der Waals surface area contributed by atoms with Crippen LogP contribution in [0.15, 0.2) is 40.8 Å². The number of halogens is 5. The van der Waals surface area contributed by atoms with Crippen LogP contribution in [0.5, 0.6) is 11.5 Å². The number of hydrogen-bond donors (Lipinski definition) is 2. The molecule has 2 aromatic heterocycles. The quantitative estimate of drug-likeness (QED) is 0.410. The van der Waals surface area contributed by atoms with Gasteiger partial charge in [-0.15, -0.1) is 10.2 Å². The number of benzene rings is 2. The summed E-state index contributed by atoms with van der Waals surface area (Å²) < 4.78 is 69.4. The largest absolute Gasteiger partial charge is 0.507 e. The van der Waals surface area contributed by atoms with Crippen LogP contribution < -0.4 is 4.74 Å². The third-order valence-corrected chi connectivity index (χ3v) is 4.53. The molecule has 170 valence electrons. The number of ether oxygens (including phenoxy) is 1. The van der Waals surface area contributed by atoms with Gasteiger partial charge in [0.05, 0.1) is 12.7 Å². The lowest BCUT2D eigenvalue weighted by molar-refractivity contribution is -0.138. The van der Waals surface area contributed by atoms with E-state index in [1.54, 1.807) is 18.2 Å². The SMILES string of the molecule is COc1cc2cc(-c3nn[nH]n3)oc2cc1CCc1ccc(O)c(C(F)(F)F)c1.FCF. The molecule has 12 heteroatoms. The van der Waals surface area contributed by atoms with E-state index < -0.39 is 24.4 Å². The Hall–Kier alpha value is -3.70. The van der Waals surface area contributed by atoms with Crippen LogP contribution in [0, 0.1) is 0 Å². The van der Waals surface area contributed by atoms with E-state index in [2.05, 4.69) is 20.6 Å². The molecule has 0 aliphatic rings. The van der Waals surface area contributed by atoms with Crippen LogP contribution in [0.3, 0.4) is 0 Å². The first kappa shape index (κ1) is 23.0. The van der Waals surface area contributed by atoms with E-state index in [4.69, 9.17) is 9.15 Å². The Labute approximate surface area is 177 Å². The van der Waals surface area contributed by atoms with E-state index in [-0.39, 0.29) is 0 Å². The van der Waals surface area contributed by atoms with Gasteiger partial charge in [-0.3, -0.25) is 0 Å². The van der Waals surface area contributed by atoms with E-state index in [0.717, 1.165) is 23.1 Å². The normalized spacial score (nSPS) is 11.3. The van der Waals surface area contributed by atoms with Gasteiger partial charge in [-0.2, -0.15) is 18.4 Å². The maximum atomic E-state index is 13.0. The number of nitrogens with one attached hydrogen (secondary N) is 1. The molecule has 0 saturated heterocycles. The van der Waals surface area contributed by atoms with Gasteiger partial charge in [0, 0.05) is 5.39 Å². The summed E-state index contributed by atoms with van der Waals surface area (Å²) in [5, 5.41) is 23.8. The molecule has 0 atom stereocenters. The standard InChI is InChI=1S/C19H15F3N4O3.CH2F2/c1-28-15-8-12-9-17(18-23-25-26-24-18)29-16(12)7-11(15)4-2-10-3-5-14(27)13(6-10)19(20,21)22;2-1-3/h3,5-9,27H,2,4H2,1H3,(H,23,24,25,26);1H2. The molecule has 4 rings (SSSR count). The van der Waals surface area contributed by atoms with Gasteiger partial charge >= 0.3 is 6.18 Å². The number of methoxy groups -OCH3 is 1. The molecule has 0 amide bonds. The molecule has 2 heterocycles. The van der Waals surface area contributed by atoms with Gasteiger partial charge in [-0.05, 0) is 59.5 Å². The molecular formula is C20H17F5N4O3. The minimum absolute atomic E-state index is 0.311. The molecule has 2 N–H and O–H groups in total. The average Bonchev–Trinajstić information content (AvgIpc) is 3.41. The number of fused-ring (bicyclic) bond motifs is 1. The van der Waals surface area contributed by atoms with Crippen molar-refractivity contribution in [1.29, 1.82) is 0 Å². The first-order valence-corrected chi connectivity index (χ1v) is 9.12. The molecule has 0 spiro atoms. The number of rotatable bonds is 5. The monoisotopic (exact) mass is 456 g/mol. The smallest absolute Gasteiger partial charge is 0.419 e. The summed E-state index contributed by atoms with van der Waals surface area (Å²) in [4.78, 5) is 0. The van der Waals surface area contributed by atoms with Gasteiger partial charge in [-0.1, -0.05) is 6.07 Å². The molecule has 2 aromatic carbocycles. The summed E-state index contributed by atoms with van der Waals surface area (Å²) in [7, 11) is 1.52. The van der Waals surface area contributed by atoms with Gasteiger partial charge in [0.25, 0.3) is 0 Å². The van der Waals surface area contributed by atoms with Gasteiger partial charge in [0.1, 0.15) is 17.1 Å². The highest BCUT2D eigenvalue weighted by molar-refractivity contribution is 5.84. The molecule has 32 heavy (non-hydrogen) atoms. The highest BCUT2D eigenvalue weighted by Gasteiger charge is 2.33. The highest BCUT2D eigenvalue weighted by Crippen LogP contribution is 2.37. The van der Waals surface area contributed by atoms with Crippen molar-refractivity contribution in [3.05, 3.63) is 53.1 Å². The van der Waals surface area contributed by atoms with Crippen LogP contribution in [0.2, 0.25) is 0 Å². The molecule has 0 fully saturated rings. The van der Waals surface area contributed by atoms with Crippen LogP contribution >= 0.6 is 0 Å². The third kappa shape index (κ3) is 5.13. The number of furan rings is 1. The number of aromatic hydroxyl groups is 1. The molecule has 4 aromatic rings. The predicted molar refractivity (Wildman–Crippen MR) is 104 cm³/mol. The Morgan fingerprint density at radius 2 is 1.84 bits per heavy atom. The number of hydrogen-bond acceptors (Lipinski definition) is 6. The first-order chi connectivity index (χ1) is 15.3. The number of aryl methyl sites for hydroxylation is 2. The van der Waals surface area contributed by atoms with Gasteiger partial charge in [0.2, 0.25) is 12.8 Å². The molecule has 0 bridgehead atoms. The van der Waals surface area contributed by atoms with Crippen molar-refractivity contribution in [1.82, 2.24) is 20.6 Å². The van der Waals surface area contributed by atoms with Crippen LogP contribution in [-0.2, 0) is 19.0 Å². The number of aromatic amines is 1. The summed E-state index contributed by atoms with van der Waals surface area (Å²) in [5.74, 6) is 0.546. The fourth-order valence-electron chi connectivity index (χ4n) is 3.11. The average molecular weight is 456 g/mol. The van der Waals surface area contributed by atoms with E-state index in [0.29, 0.717) is 41.3 Å². The first-order valence-electron chi connectivity index (χ1n) is 9.12. The zero-order valence-electron chi connectivity index (χ0n) is 16.6. The van der Waals surface area contributed by atoms with Crippen molar-refractivity contribution in [2.75, 3.05) is 14.0 Å². The maximum absolute atomic E-state index is 13.0. The minimum Gasteiger partial charge on any atom is -0.507 e. The molecule has 0 aliphatic carbocycles. The fourth-order valence-corrected chi connectivity index (χ4v) is 3.11. The number of aromatic nitrogens is 4. The molecule has 0 radical (unpaired) electrons. The lowest BCUT2D eigenvalue weighted by Crippen LogP contribution is -2.06. The molecule has 0 unspecified atom stereocenters. The second-order valence-corrected chi connectivity index (χ2v) is 6.50. The minimum atomic E-state index is -4.61. The summed E-state index contributed by atoms with van der Waals surface area (Å²) >= 11 is 0. The summed E-state index contributed by atoms with van der Waals surface area (Å²) in [6.07, 6.45) is -3.88. The predicted octanol–water partition coefficient (Wildman–Crippen LogP) is 5.01. The number of nitrogens with zero attached hydrogens (tertiary/aromatic N) is 3. The van der Waals surface area contributed by atoms with E-state index in [1.165, 1.54) is 13.2 Å². The topological polar surface area (TPSA) is 97.1 Å². The van der Waals surface area contributed by atoms with E-state index in [1.807, 2.05) is 0 Å². The number of phenols is 1. The van der Waals surface area contributed by atoms with Crippen molar-refractivity contribution in [2.45, 2.75) is 19.0 Å². The molecule has 0 saturated carbocycles. The van der Waals surface area contributed by atoms with Crippen LogP contribution in [0.1, 0.15) is 16.7 Å². The fraction of sp³-hybridized carbons (Fsp3) is 0.250. The molecular weight excluding hydrogens is 439 g/mol. The van der Waals surface area contributed by atoms with Crippen molar-refractivity contribution < 1.29 is 36.2 Å². The Morgan fingerprint density at radius 1 is 1.09 bits per heavy atom. The van der Waals surface area contributed by atoms with Gasteiger partial charge < -0.3 is 14.3 Å². The lowest BCUT2D eigenvalue weighted by Gasteiger charge is -2.12. The molecule has 0 aliphatic heterocycles. The Bertz CT molecular complexity index is 1180. The van der Waals surface area contributed by atoms with Crippen LogP contribution in [-0.4, -0.2) is 39.8 Å². The Balaban J connectivity index is 0.000000913. The number of phenolic OH excluding ortho intramolecular Hbond substituents is 1. The summed E-state index contributed by atoms with van der Waals surface area (Å²) in [5.41, 5.74) is 0.746. The van der Waals surface area contributed by atoms with Crippen LogP contribution in [0.25, 0.3) is 22.6 Å². The van der Waals surface area contributed by atoms with Crippen molar-refractivity contribution in [2.24, 2.45) is 0 Å². The molecule has 7 nitrogen and oxygen atoms in total. The van der Waals surface area contributed by atoms with Crippen molar-refractivity contribution in [3.63, 3.8) is 0 Å². The summed E-state index contributed by atoms with van der Waals surface area (Å²) in [6, 6.07) is 8.81. The third-order valence-electron chi connectivity index (χ3n) is 4.53. The van der Waals surface area contributed by atoms with E-state index in [9.17, 15) is 27.1 Å². The highest BCUT2D eigenvalue weighted by atomic mass is 19.4. The van der Waals surface area contributed by atoms with Crippen molar-refractivity contribution in [3.8, 4) is 23.1 Å². The van der Waals surface area contributed by atoms with Crippen LogP contribution in [0.4, 0.5) is 22.0 Å². The number of alkyl halides is 5. The lowest BCUT2D eigenvalue weighted by atomic mass is 10.0. The zero-order chi connectivity index (χ0) is 23.3. The summed E-state index contributed by atoms with van der Waals surface area (Å²) in [6.45, 7) is -1.75.